The van der Waals surface area contributed by atoms with Gasteiger partial charge in [-0.15, -0.1) is 0 Å². The lowest BCUT2D eigenvalue weighted by molar-refractivity contribution is -0.142. The summed E-state index contributed by atoms with van der Waals surface area (Å²) in [5.74, 6) is -0.528. The number of carbonyl (C=O) groups is 3. The quantitative estimate of drug-likeness (QED) is 0.799. The van der Waals surface area contributed by atoms with E-state index in [1.54, 1.807) is 4.90 Å². The molecule has 2 N–H and O–H groups in total. The van der Waals surface area contributed by atoms with E-state index in [-0.39, 0.29) is 37.2 Å². The predicted molar refractivity (Wildman–Crippen MR) is 71.7 cm³/mol. The second-order valence-electron chi connectivity index (χ2n) is 6.47. The van der Waals surface area contributed by atoms with Crippen LogP contribution in [0.1, 0.15) is 39.5 Å². The van der Waals surface area contributed by atoms with Crippen molar-refractivity contribution in [2.75, 3.05) is 13.2 Å². The molecule has 0 aromatic rings. The molecule has 2 atom stereocenters. The highest BCUT2D eigenvalue weighted by Crippen LogP contribution is 2.30. The summed E-state index contributed by atoms with van der Waals surface area (Å²) in [7, 11) is 0. The molecular weight excluding hydrogens is 260 g/mol. The van der Waals surface area contributed by atoms with Crippen molar-refractivity contribution in [1.82, 2.24) is 4.90 Å². The molecule has 2 rings (SSSR count). The fraction of sp³-hybridized carbons (Fsp3) is 0.786. The minimum atomic E-state index is -0.488. The summed E-state index contributed by atoms with van der Waals surface area (Å²) >= 11 is 0. The molecule has 112 valence electrons. The Labute approximate surface area is 118 Å². The number of amides is 2. The van der Waals surface area contributed by atoms with Crippen molar-refractivity contribution in [2.45, 2.75) is 51.7 Å². The maximum absolute atomic E-state index is 12.4. The molecule has 6 nitrogen and oxygen atoms in total. The summed E-state index contributed by atoms with van der Waals surface area (Å²) in [5, 5.41) is 0. The van der Waals surface area contributed by atoms with Gasteiger partial charge in [-0.25, -0.2) is 0 Å². The van der Waals surface area contributed by atoms with Crippen LogP contribution in [0.5, 0.6) is 0 Å². The predicted octanol–water partition coefficient (Wildman–Crippen LogP) is 0.237. The highest BCUT2D eigenvalue weighted by atomic mass is 16.5. The number of primary amides is 1. The van der Waals surface area contributed by atoms with Crippen LogP contribution in [0.25, 0.3) is 0 Å². The Morgan fingerprint density at radius 2 is 2.10 bits per heavy atom. The van der Waals surface area contributed by atoms with Crippen molar-refractivity contribution < 1.29 is 19.1 Å². The number of likely N-dealkylation sites (tertiary alicyclic amines) is 1. The van der Waals surface area contributed by atoms with Crippen LogP contribution >= 0.6 is 0 Å². The highest BCUT2D eigenvalue weighted by Gasteiger charge is 2.44. The summed E-state index contributed by atoms with van der Waals surface area (Å²) in [6, 6.07) is -0.430. The average Bonchev–Trinajstić information content (AvgIpc) is 2.69. The van der Waals surface area contributed by atoms with Gasteiger partial charge in [0.1, 0.15) is 12.6 Å². The molecule has 20 heavy (non-hydrogen) atoms. The summed E-state index contributed by atoms with van der Waals surface area (Å²) in [5.41, 5.74) is 4.71. The molecule has 2 amide bonds. The van der Waals surface area contributed by atoms with Crippen LogP contribution in [0.3, 0.4) is 0 Å². The van der Waals surface area contributed by atoms with E-state index < -0.39 is 17.4 Å². The van der Waals surface area contributed by atoms with Crippen molar-refractivity contribution >= 4 is 17.6 Å². The fourth-order valence-corrected chi connectivity index (χ4v) is 3.12. The third kappa shape index (κ3) is 3.17. The molecule has 2 aliphatic heterocycles. The van der Waals surface area contributed by atoms with E-state index in [9.17, 15) is 14.4 Å². The molecule has 2 heterocycles. The minimum Gasteiger partial charge on any atom is -0.370 e. The monoisotopic (exact) mass is 282 g/mol. The largest absolute Gasteiger partial charge is 0.370 e. The summed E-state index contributed by atoms with van der Waals surface area (Å²) in [4.78, 5) is 37.0. The SMILES string of the molecule is CC(C)(CC(N)=O)CC(=O)N1CCCC2OCC(=O)C21. The van der Waals surface area contributed by atoms with Gasteiger partial charge in [0.05, 0.1) is 6.10 Å². The third-order valence-corrected chi connectivity index (χ3v) is 3.95. The molecule has 0 aromatic carbocycles. The van der Waals surface area contributed by atoms with Gasteiger partial charge in [-0.1, -0.05) is 13.8 Å². The van der Waals surface area contributed by atoms with Gasteiger partial charge in [0.2, 0.25) is 11.8 Å². The molecule has 2 aliphatic rings. The number of fused-ring (bicyclic) bond motifs is 1. The second kappa shape index (κ2) is 5.52. The number of piperidine rings is 1. The Bertz CT molecular complexity index is 433. The molecule has 2 fully saturated rings. The number of hydrogen-bond acceptors (Lipinski definition) is 4. The maximum atomic E-state index is 12.4. The Morgan fingerprint density at radius 3 is 2.75 bits per heavy atom. The van der Waals surface area contributed by atoms with Crippen molar-refractivity contribution in [3.05, 3.63) is 0 Å². The lowest BCUT2D eigenvalue weighted by atomic mass is 9.84. The summed E-state index contributed by atoms with van der Waals surface area (Å²) in [6.45, 7) is 4.36. The molecule has 2 saturated heterocycles. The molecule has 0 spiro atoms. The Hall–Kier alpha value is -1.43. The Kier molecular flexibility index (Phi) is 4.13. The first-order valence-corrected chi connectivity index (χ1v) is 7.02. The average molecular weight is 282 g/mol. The number of carbonyl (C=O) groups excluding carboxylic acids is 3. The summed E-state index contributed by atoms with van der Waals surface area (Å²) in [6.07, 6.45) is 1.89. The van der Waals surface area contributed by atoms with Gasteiger partial charge >= 0.3 is 0 Å². The van der Waals surface area contributed by atoms with Gasteiger partial charge in [0.15, 0.2) is 5.78 Å². The van der Waals surface area contributed by atoms with E-state index in [1.165, 1.54) is 0 Å². The van der Waals surface area contributed by atoms with Crippen LogP contribution in [-0.4, -0.2) is 47.8 Å². The smallest absolute Gasteiger partial charge is 0.223 e. The fourth-order valence-electron chi connectivity index (χ4n) is 3.12. The van der Waals surface area contributed by atoms with Gasteiger partial charge in [-0.3, -0.25) is 14.4 Å². The van der Waals surface area contributed by atoms with Crippen LogP contribution in [0.15, 0.2) is 0 Å². The van der Waals surface area contributed by atoms with E-state index in [4.69, 9.17) is 10.5 Å². The van der Waals surface area contributed by atoms with E-state index in [2.05, 4.69) is 0 Å². The molecule has 0 aromatic heterocycles. The zero-order valence-corrected chi connectivity index (χ0v) is 12.1. The molecule has 0 radical (unpaired) electrons. The lowest BCUT2D eigenvalue weighted by Crippen LogP contribution is -2.52. The number of nitrogens with zero attached hydrogens (tertiary/aromatic N) is 1. The van der Waals surface area contributed by atoms with Gasteiger partial charge in [0, 0.05) is 19.4 Å². The van der Waals surface area contributed by atoms with E-state index in [0.29, 0.717) is 6.54 Å². The first-order chi connectivity index (χ1) is 9.30. The lowest BCUT2D eigenvalue weighted by Gasteiger charge is -2.37. The number of ether oxygens (including phenoxy) is 1. The van der Waals surface area contributed by atoms with Crippen molar-refractivity contribution in [1.29, 1.82) is 0 Å². The molecule has 0 aliphatic carbocycles. The molecule has 0 saturated carbocycles. The Morgan fingerprint density at radius 1 is 1.40 bits per heavy atom. The highest BCUT2D eigenvalue weighted by molar-refractivity contribution is 5.92. The van der Waals surface area contributed by atoms with Gasteiger partial charge < -0.3 is 15.4 Å². The topological polar surface area (TPSA) is 89.7 Å². The van der Waals surface area contributed by atoms with Gasteiger partial charge in [-0.05, 0) is 18.3 Å². The molecule has 0 bridgehead atoms. The number of nitrogens with two attached hydrogens (primary N) is 1. The third-order valence-electron chi connectivity index (χ3n) is 3.95. The normalized spacial score (nSPS) is 26.5. The minimum absolute atomic E-state index is 0.0178. The zero-order valence-electron chi connectivity index (χ0n) is 12.1. The number of hydrogen-bond donors (Lipinski definition) is 1. The van der Waals surface area contributed by atoms with E-state index >= 15 is 0 Å². The molecule has 2 unspecified atom stereocenters. The second-order valence-corrected chi connectivity index (χ2v) is 6.47. The first-order valence-electron chi connectivity index (χ1n) is 7.02. The zero-order chi connectivity index (χ0) is 14.9. The van der Waals surface area contributed by atoms with Crippen LogP contribution in [-0.2, 0) is 19.1 Å². The Balaban J connectivity index is 2.04. The van der Waals surface area contributed by atoms with Crippen LogP contribution in [0.2, 0.25) is 0 Å². The van der Waals surface area contributed by atoms with Crippen LogP contribution in [0, 0.1) is 5.41 Å². The molecule has 6 heteroatoms. The number of ketones is 1. The standard InChI is InChI=1S/C14H22N2O4/c1-14(2,6-11(15)18)7-12(19)16-5-3-4-10-13(16)9(17)8-20-10/h10,13H,3-8H2,1-2H3,(H2,15,18). The van der Waals surface area contributed by atoms with Crippen molar-refractivity contribution in [3.8, 4) is 0 Å². The van der Waals surface area contributed by atoms with Crippen molar-refractivity contribution in [2.24, 2.45) is 11.1 Å². The first kappa shape index (κ1) is 15.0. The number of rotatable bonds is 4. The van der Waals surface area contributed by atoms with Crippen molar-refractivity contribution in [3.63, 3.8) is 0 Å². The van der Waals surface area contributed by atoms with Gasteiger partial charge in [0.25, 0.3) is 0 Å². The van der Waals surface area contributed by atoms with E-state index in [1.807, 2.05) is 13.8 Å². The molecular formula is C14H22N2O4. The summed E-state index contributed by atoms with van der Waals surface area (Å²) < 4.78 is 5.43. The number of Topliss-reactive ketones (excluding diaryl/α,β-unsaturated/α-hetero) is 1. The van der Waals surface area contributed by atoms with Crippen LogP contribution in [0.4, 0.5) is 0 Å². The van der Waals surface area contributed by atoms with E-state index in [0.717, 1.165) is 12.8 Å². The van der Waals surface area contributed by atoms with Crippen LogP contribution < -0.4 is 5.73 Å². The van der Waals surface area contributed by atoms with Gasteiger partial charge in [-0.2, -0.15) is 0 Å². The maximum Gasteiger partial charge on any atom is 0.223 e.